The molecule has 0 aromatic carbocycles. The molecule has 2 aliphatic rings. The monoisotopic (exact) mass is 302 g/mol. The minimum absolute atomic E-state index is 0.126. The molecule has 3 atom stereocenters. The van der Waals surface area contributed by atoms with E-state index in [1.165, 1.54) is 38.6 Å². The fourth-order valence-electron chi connectivity index (χ4n) is 3.54. The summed E-state index contributed by atoms with van der Waals surface area (Å²) in [5.41, 5.74) is 0. The van der Waals surface area contributed by atoms with Gasteiger partial charge < -0.3 is 5.32 Å². The van der Waals surface area contributed by atoms with Crippen LogP contribution in [0.1, 0.15) is 51.9 Å². The zero-order chi connectivity index (χ0) is 14.6. The third-order valence-electron chi connectivity index (χ3n) is 4.95. The van der Waals surface area contributed by atoms with E-state index in [9.17, 15) is 8.42 Å². The lowest BCUT2D eigenvalue weighted by Crippen LogP contribution is -2.47. The summed E-state index contributed by atoms with van der Waals surface area (Å²) in [5.74, 6) is 0. The molecule has 0 aromatic rings. The third-order valence-corrected chi connectivity index (χ3v) is 6.59. The summed E-state index contributed by atoms with van der Waals surface area (Å²) in [7, 11) is -2.87. The van der Waals surface area contributed by atoms with Crippen molar-refractivity contribution in [1.29, 1.82) is 0 Å². The lowest BCUT2D eigenvalue weighted by molar-refractivity contribution is 0.165. The zero-order valence-corrected chi connectivity index (χ0v) is 13.8. The van der Waals surface area contributed by atoms with E-state index in [-0.39, 0.29) is 5.25 Å². The van der Waals surface area contributed by atoms with Crippen LogP contribution in [0.4, 0.5) is 0 Å². The van der Waals surface area contributed by atoms with Crippen LogP contribution in [0.15, 0.2) is 0 Å². The van der Waals surface area contributed by atoms with Crippen LogP contribution in [0, 0.1) is 0 Å². The van der Waals surface area contributed by atoms with Crippen LogP contribution in [0.25, 0.3) is 0 Å². The first-order valence-electron chi connectivity index (χ1n) is 8.13. The van der Waals surface area contributed by atoms with Gasteiger partial charge in [-0.15, -0.1) is 0 Å². The Hall–Kier alpha value is -0.130. The third kappa shape index (κ3) is 4.71. The Morgan fingerprint density at radius 1 is 1.15 bits per heavy atom. The standard InChI is InChI=1S/C15H30N2O2S/c1-13(17-9-4-3-5-10-17)12-16-14-7-6-8-15(11-14)20(2,18)19/h13-16H,3-12H2,1-2H3. The maximum atomic E-state index is 11.7. The number of likely N-dealkylation sites (tertiary alicyclic amines) is 1. The van der Waals surface area contributed by atoms with Gasteiger partial charge in [0.1, 0.15) is 9.84 Å². The molecule has 5 heteroatoms. The quantitative estimate of drug-likeness (QED) is 0.841. The smallest absolute Gasteiger partial charge is 0.150 e. The lowest BCUT2D eigenvalue weighted by atomic mass is 9.94. The average molecular weight is 302 g/mol. The topological polar surface area (TPSA) is 49.4 Å². The second kappa shape index (κ2) is 7.23. The van der Waals surface area contributed by atoms with E-state index in [4.69, 9.17) is 0 Å². The largest absolute Gasteiger partial charge is 0.312 e. The molecule has 0 bridgehead atoms. The molecule has 3 unspecified atom stereocenters. The SMILES string of the molecule is CC(CNC1CCCC(S(C)(=O)=O)C1)N1CCCCC1. The lowest BCUT2D eigenvalue weighted by Gasteiger charge is -2.35. The molecule has 0 aromatic heterocycles. The van der Waals surface area contributed by atoms with Crippen molar-refractivity contribution in [2.75, 3.05) is 25.9 Å². The van der Waals surface area contributed by atoms with Crippen molar-refractivity contribution in [3.8, 4) is 0 Å². The molecule has 0 radical (unpaired) electrons. The molecule has 1 saturated heterocycles. The Balaban J connectivity index is 1.75. The highest BCUT2D eigenvalue weighted by atomic mass is 32.2. The molecular formula is C15H30N2O2S. The predicted molar refractivity (Wildman–Crippen MR) is 83.8 cm³/mol. The van der Waals surface area contributed by atoms with Crippen molar-refractivity contribution in [2.45, 2.75) is 69.2 Å². The normalized spacial score (nSPS) is 31.1. The molecule has 118 valence electrons. The van der Waals surface area contributed by atoms with Gasteiger partial charge in [-0.05, 0) is 52.1 Å². The van der Waals surface area contributed by atoms with Crippen LogP contribution < -0.4 is 5.32 Å². The van der Waals surface area contributed by atoms with Gasteiger partial charge in [0.25, 0.3) is 0 Å². The van der Waals surface area contributed by atoms with E-state index in [1.54, 1.807) is 0 Å². The first-order valence-corrected chi connectivity index (χ1v) is 10.1. The van der Waals surface area contributed by atoms with Crippen LogP contribution >= 0.6 is 0 Å². The van der Waals surface area contributed by atoms with Gasteiger partial charge in [-0.1, -0.05) is 12.8 Å². The van der Waals surface area contributed by atoms with E-state index in [1.807, 2.05) is 0 Å². The minimum atomic E-state index is -2.87. The Morgan fingerprint density at radius 2 is 1.85 bits per heavy atom. The van der Waals surface area contributed by atoms with Crippen molar-refractivity contribution >= 4 is 9.84 Å². The van der Waals surface area contributed by atoms with Gasteiger partial charge in [0.15, 0.2) is 0 Å². The highest BCUT2D eigenvalue weighted by molar-refractivity contribution is 7.91. The van der Waals surface area contributed by atoms with Crippen molar-refractivity contribution in [3.05, 3.63) is 0 Å². The van der Waals surface area contributed by atoms with E-state index >= 15 is 0 Å². The van der Waals surface area contributed by atoms with Gasteiger partial charge >= 0.3 is 0 Å². The van der Waals surface area contributed by atoms with Crippen molar-refractivity contribution < 1.29 is 8.42 Å². The summed E-state index contributed by atoms with van der Waals surface area (Å²) in [5, 5.41) is 3.49. The number of nitrogens with one attached hydrogen (secondary N) is 1. The number of hydrogen-bond acceptors (Lipinski definition) is 4. The Labute approximate surface area is 124 Å². The molecule has 2 rings (SSSR count). The molecule has 4 nitrogen and oxygen atoms in total. The van der Waals surface area contributed by atoms with Crippen LogP contribution in [0.2, 0.25) is 0 Å². The first kappa shape index (κ1) is 16.2. The second-order valence-electron chi connectivity index (χ2n) is 6.67. The van der Waals surface area contributed by atoms with Gasteiger partial charge in [0.2, 0.25) is 0 Å². The summed E-state index contributed by atoms with van der Waals surface area (Å²) in [6.45, 7) is 5.72. The van der Waals surface area contributed by atoms with Crippen LogP contribution in [0.5, 0.6) is 0 Å². The maximum Gasteiger partial charge on any atom is 0.150 e. The minimum Gasteiger partial charge on any atom is -0.312 e. The highest BCUT2D eigenvalue weighted by Crippen LogP contribution is 2.24. The fourth-order valence-corrected chi connectivity index (χ4v) is 4.72. The number of sulfone groups is 1. The molecule has 1 N–H and O–H groups in total. The van der Waals surface area contributed by atoms with Gasteiger partial charge in [-0.2, -0.15) is 0 Å². The van der Waals surface area contributed by atoms with E-state index in [0.717, 1.165) is 32.2 Å². The maximum absolute atomic E-state index is 11.7. The molecule has 1 saturated carbocycles. The highest BCUT2D eigenvalue weighted by Gasteiger charge is 2.29. The second-order valence-corrected chi connectivity index (χ2v) is 8.99. The Bertz CT molecular complexity index is 391. The Morgan fingerprint density at radius 3 is 2.50 bits per heavy atom. The molecule has 1 aliphatic carbocycles. The van der Waals surface area contributed by atoms with Crippen LogP contribution in [0.3, 0.4) is 0 Å². The van der Waals surface area contributed by atoms with E-state index < -0.39 is 9.84 Å². The van der Waals surface area contributed by atoms with Crippen LogP contribution in [-0.4, -0.2) is 56.5 Å². The number of hydrogen-bond donors (Lipinski definition) is 1. The van der Waals surface area contributed by atoms with Gasteiger partial charge in [0.05, 0.1) is 5.25 Å². The summed E-state index contributed by atoms with van der Waals surface area (Å²) >= 11 is 0. The van der Waals surface area contributed by atoms with Crippen molar-refractivity contribution in [3.63, 3.8) is 0 Å². The molecule has 20 heavy (non-hydrogen) atoms. The molecule has 2 fully saturated rings. The molecule has 0 amide bonds. The summed E-state index contributed by atoms with van der Waals surface area (Å²) in [6, 6.07) is 0.949. The molecule has 1 aliphatic heterocycles. The molecule has 1 heterocycles. The summed E-state index contributed by atoms with van der Waals surface area (Å²) in [4.78, 5) is 2.56. The van der Waals surface area contributed by atoms with E-state index in [0.29, 0.717) is 12.1 Å². The van der Waals surface area contributed by atoms with Gasteiger partial charge in [-0.25, -0.2) is 8.42 Å². The summed E-state index contributed by atoms with van der Waals surface area (Å²) in [6.07, 6.45) is 9.20. The van der Waals surface area contributed by atoms with Crippen LogP contribution in [-0.2, 0) is 9.84 Å². The summed E-state index contributed by atoms with van der Waals surface area (Å²) < 4.78 is 23.4. The average Bonchev–Trinajstić information content (AvgIpc) is 2.45. The van der Waals surface area contributed by atoms with Gasteiger partial charge in [0, 0.05) is 24.9 Å². The number of rotatable bonds is 5. The van der Waals surface area contributed by atoms with E-state index in [2.05, 4.69) is 17.1 Å². The molecular weight excluding hydrogens is 272 g/mol. The number of piperidine rings is 1. The fraction of sp³-hybridized carbons (Fsp3) is 1.00. The first-order chi connectivity index (χ1) is 9.47. The number of nitrogens with zero attached hydrogens (tertiary/aromatic N) is 1. The molecule has 0 spiro atoms. The zero-order valence-electron chi connectivity index (χ0n) is 13.0. The van der Waals surface area contributed by atoms with Crippen molar-refractivity contribution in [2.24, 2.45) is 0 Å². The Kier molecular flexibility index (Phi) is 5.87. The van der Waals surface area contributed by atoms with Gasteiger partial charge in [-0.3, -0.25) is 4.90 Å². The van der Waals surface area contributed by atoms with Crippen molar-refractivity contribution in [1.82, 2.24) is 10.2 Å². The predicted octanol–water partition coefficient (Wildman–Crippen LogP) is 1.81.